The first-order valence-corrected chi connectivity index (χ1v) is 7.60. The molecule has 0 fully saturated rings. The Labute approximate surface area is 134 Å². The normalized spacial score (nSPS) is 11.0. The average molecular weight is 309 g/mol. The molecule has 118 valence electrons. The molecule has 5 heteroatoms. The summed E-state index contributed by atoms with van der Waals surface area (Å²) in [6, 6.07) is 15.1. The number of hydrogen-bond donors (Lipinski definition) is 2. The summed E-state index contributed by atoms with van der Waals surface area (Å²) in [5, 5.41) is 12.5. The van der Waals surface area contributed by atoms with Crippen LogP contribution in [-0.2, 0) is 13.0 Å². The molecule has 0 saturated carbocycles. The van der Waals surface area contributed by atoms with Crippen LogP contribution in [-0.4, -0.2) is 34.2 Å². The SMILES string of the molecule is CNCCc1nc2ccccc2n1Cc1ccccc1C(=O)O. The first-order chi connectivity index (χ1) is 11.2. The van der Waals surface area contributed by atoms with Crippen molar-refractivity contribution in [1.29, 1.82) is 0 Å². The molecule has 0 spiro atoms. The van der Waals surface area contributed by atoms with Crippen molar-refractivity contribution in [2.45, 2.75) is 13.0 Å². The number of rotatable bonds is 6. The van der Waals surface area contributed by atoms with Crippen LogP contribution >= 0.6 is 0 Å². The van der Waals surface area contributed by atoms with Gasteiger partial charge >= 0.3 is 5.97 Å². The maximum Gasteiger partial charge on any atom is 0.336 e. The Balaban J connectivity index is 2.06. The van der Waals surface area contributed by atoms with Gasteiger partial charge in [0, 0.05) is 13.0 Å². The maximum absolute atomic E-state index is 11.4. The highest BCUT2D eigenvalue weighted by Crippen LogP contribution is 2.20. The van der Waals surface area contributed by atoms with Crippen LogP contribution in [0.2, 0.25) is 0 Å². The number of para-hydroxylation sites is 2. The van der Waals surface area contributed by atoms with Crippen LogP contribution < -0.4 is 5.32 Å². The van der Waals surface area contributed by atoms with Crippen molar-refractivity contribution in [1.82, 2.24) is 14.9 Å². The zero-order valence-corrected chi connectivity index (χ0v) is 13.0. The molecular weight excluding hydrogens is 290 g/mol. The highest BCUT2D eigenvalue weighted by Gasteiger charge is 2.14. The van der Waals surface area contributed by atoms with Crippen LogP contribution in [0.1, 0.15) is 21.7 Å². The molecule has 5 nitrogen and oxygen atoms in total. The fourth-order valence-corrected chi connectivity index (χ4v) is 2.77. The largest absolute Gasteiger partial charge is 0.478 e. The molecule has 0 bridgehead atoms. The second kappa shape index (κ2) is 6.62. The van der Waals surface area contributed by atoms with Gasteiger partial charge in [-0.05, 0) is 30.8 Å². The number of carbonyl (C=O) groups is 1. The number of benzene rings is 2. The van der Waals surface area contributed by atoms with E-state index in [1.54, 1.807) is 12.1 Å². The van der Waals surface area contributed by atoms with E-state index in [0.717, 1.165) is 35.4 Å². The molecule has 0 unspecified atom stereocenters. The number of imidazole rings is 1. The third-order valence-electron chi connectivity index (χ3n) is 3.91. The summed E-state index contributed by atoms with van der Waals surface area (Å²) in [5.41, 5.74) is 3.09. The van der Waals surface area contributed by atoms with Gasteiger partial charge < -0.3 is 15.0 Å². The van der Waals surface area contributed by atoms with Crippen molar-refractivity contribution in [3.05, 3.63) is 65.5 Å². The standard InChI is InChI=1S/C18H19N3O2/c1-19-11-10-17-20-15-8-4-5-9-16(15)21(17)12-13-6-2-3-7-14(13)18(22)23/h2-9,19H,10-12H2,1H3,(H,22,23). The zero-order chi connectivity index (χ0) is 16.2. The van der Waals surface area contributed by atoms with E-state index in [9.17, 15) is 9.90 Å². The lowest BCUT2D eigenvalue weighted by Crippen LogP contribution is -2.15. The summed E-state index contributed by atoms with van der Waals surface area (Å²) in [6.07, 6.45) is 0.792. The summed E-state index contributed by atoms with van der Waals surface area (Å²) < 4.78 is 2.11. The highest BCUT2D eigenvalue weighted by atomic mass is 16.4. The molecule has 0 aliphatic carbocycles. The van der Waals surface area contributed by atoms with Crippen LogP contribution in [0.5, 0.6) is 0 Å². The molecule has 23 heavy (non-hydrogen) atoms. The smallest absolute Gasteiger partial charge is 0.336 e. The van der Waals surface area contributed by atoms with E-state index >= 15 is 0 Å². The first kappa shape index (κ1) is 15.2. The van der Waals surface area contributed by atoms with Gasteiger partial charge in [0.15, 0.2) is 0 Å². The van der Waals surface area contributed by atoms with E-state index < -0.39 is 5.97 Å². The Kier molecular flexibility index (Phi) is 4.39. The molecular formula is C18H19N3O2. The molecule has 0 saturated heterocycles. The molecule has 1 heterocycles. The third-order valence-corrected chi connectivity index (χ3v) is 3.91. The van der Waals surface area contributed by atoms with E-state index in [2.05, 4.69) is 9.88 Å². The zero-order valence-electron chi connectivity index (χ0n) is 13.0. The Morgan fingerprint density at radius 3 is 2.70 bits per heavy atom. The van der Waals surface area contributed by atoms with E-state index in [0.29, 0.717) is 12.1 Å². The second-order valence-electron chi connectivity index (χ2n) is 5.42. The Bertz CT molecular complexity index is 839. The van der Waals surface area contributed by atoms with Crippen molar-refractivity contribution >= 4 is 17.0 Å². The molecule has 0 amide bonds. The quantitative estimate of drug-likeness (QED) is 0.734. The van der Waals surface area contributed by atoms with Crippen LogP contribution in [0.3, 0.4) is 0 Å². The number of carboxylic acid groups (broad SMARTS) is 1. The molecule has 3 rings (SSSR count). The Hall–Kier alpha value is -2.66. The maximum atomic E-state index is 11.4. The molecule has 0 atom stereocenters. The molecule has 0 aliphatic rings. The molecule has 0 radical (unpaired) electrons. The van der Waals surface area contributed by atoms with E-state index in [1.165, 1.54) is 0 Å². The minimum absolute atomic E-state index is 0.338. The number of nitrogens with one attached hydrogen (secondary N) is 1. The minimum Gasteiger partial charge on any atom is -0.478 e. The van der Waals surface area contributed by atoms with Gasteiger partial charge in [0.25, 0.3) is 0 Å². The van der Waals surface area contributed by atoms with Crippen molar-refractivity contribution in [3.63, 3.8) is 0 Å². The molecule has 1 aromatic heterocycles. The molecule has 2 N–H and O–H groups in total. The lowest BCUT2D eigenvalue weighted by Gasteiger charge is -2.11. The van der Waals surface area contributed by atoms with Gasteiger partial charge in [0.05, 0.1) is 23.1 Å². The number of likely N-dealkylation sites (N-methyl/N-ethyl adjacent to an activating group) is 1. The van der Waals surface area contributed by atoms with Crippen LogP contribution in [0.25, 0.3) is 11.0 Å². The Morgan fingerprint density at radius 1 is 1.17 bits per heavy atom. The van der Waals surface area contributed by atoms with Gasteiger partial charge in [-0.15, -0.1) is 0 Å². The fraction of sp³-hybridized carbons (Fsp3) is 0.222. The average Bonchev–Trinajstić information content (AvgIpc) is 2.91. The number of aromatic carboxylic acids is 1. The van der Waals surface area contributed by atoms with Gasteiger partial charge in [-0.2, -0.15) is 0 Å². The number of carboxylic acids is 1. The number of aromatic nitrogens is 2. The topological polar surface area (TPSA) is 67.2 Å². The van der Waals surface area contributed by atoms with Crippen LogP contribution in [0.4, 0.5) is 0 Å². The lowest BCUT2D eigenvalue weighted by atomic mass is 10.1. The van der Waals surface area contributed by atoms with Crippen molar-refractivity contribution in [2.75, 3.05) is 13.6 Å². The van der Waals surface area contributed by atoms with Gasteiger partial charge in [0.1, 0.15) is 5.82 Å². The summed E-state index contributed by atoms with van der Waals surface area (Å²) in [7, 11) is 1.91. The summed E-state index contributed by atoms with van der Waals surface area (Å²) in [5.74, 6) is 0.0579. The predicted octanol–water partition coefficient (Wildman–Crippen LogP) is 2.54. The first-order valence-electron chi connectivity index (χ1n) is 7.60. The highest BCUT2D eigenvalue weighted by molar-refractivity contribution is 5.89. The Morgan fingerprint density at radius 2 is 1.91 bits per heavy atom. The number of hydrogen-bond acceptors (Lipinski definition) is 3. The second-order valence-corrected chi connectivity index (χ2v) is 5.42. The number of nitrogens with zero attached hydrogens (tertiary/aromatic N) is 2. The van der Waals surface area contributed by atoms with Crippen LogP contribution in [0, 0.1) is 0 Å². The summed E-state index contributed by atoms with van der Waals surface area (Å²) >= 11 is 0. The third kappa shape index (κ3) is 3.10. The van der Waals surface area contributed by atoms with E-state index in [4.69, 9.17) is 4.98 Å². The summed E-state index contributed by atoms with van der Waals surface area (Å²) in [4.78, 5) is 16.1. The van der Waals surface area contributed by atoms with Crippen LogP contribution in [0.15, 0.2) is 48.5 Å². The summed E-state index contributed by atoms with van der Waals surface area (Å²) in [6.45, 7) is 1.33. The van der Waals surface area contributed by atoms with Gasteiger partial charge in [-0.3, -0.25) is 0 Å². The molecule has 3 aromatic rings. The monoisotopic (exact) mass is 309 g/mol. The minimum atomic E-state index is -0.901. The molecule has 0 aliphatic heterocycles. The number of fused-ring (bicyclic) bond motifs is 1. The van der Waals surface area contributed by atoms with Crippen molar-refractivity contribution < 1.29 is 9.90 Å². The van der Waals surface area contributed by atoms with E-state index in [1.807, 2.05) is 43.4 Å². The fourth-order valence-electron chi connectivity index (χ4n) is 2.77. The predicted molar refractivity (Wildman–Crippen MR) is 89.9 cm³/mol. The van der Waals surface area contributed by atoms with Gasteiger partial charge in [0.2, 0.25) is 0 Å². The molecule has 2 aromatic carbocycles. The van der Waals surface area contributed by atoms with Crippen molar-refractivity contribution in [2.24, 2.45) is 0 Å². The van der Waals surface area contributed by atoms with Gasteiger partial charge in [-0.25, -0.2) is 9.78 Å². The van der Waals surface area contributed by atoms with Gasteiger partial charge in [-0.1, -0.05) is 30.3 Å². The lowest BCUT2D eigenvalue weighted by molar-refractivity contribution is 0.0695. The van der Waals surface area contributed by atoms with E-state index in [-0.39, 0.29) is 0 Å². The van der Waals surface area contributed by atoms with Crippen molar-refractivity contribution in [3.8, 4) is 0 Å².